The molecule has 150 valence electrons. The molecule has 2 saturated heterocycles. The number of piperidine rings is 1. The number of nitrogens with zero attached hydrogens (tertiary/aromatic N) is 6. The van der Waals surface area contributed by atoms with Crippen LogP contribution in [-0.2, 0) is 29.0 Å². The second-order valence-corrected chi connectivity index (χ2v) is 7.66. The first-order chi connectivity index (χ1) is 13.8. The third kappa shape index (κ3) is 4.94. The molecule has 1 amide bonds. The van der Waals surface area contributed by atoms with Crippen molar-refractivity contribution in [1.82, 2.24) is 30.0 Å². The molecule has 1 aromatic carbocycles. The van der Waals surface area contributed by atoms with E-state index in [1.807, 2.05) is 4.90 Å². The molecule has 28 heavy (non-hydrogen) atoms. The summed E-state index contributed by atoms with van der Waals surface area (Å²) in [4.78, 5) is 17.0. The molecule has 0 atom stereocenters. The average molecular weight is 384 g/mol. The fourth-order valence-electron chi connectivity index (χ4n) is 3.98. The Morgan fingerprint density at radius 3 is 2.57 bits per heavy atom. The van der Waals surface area contributed by atoms with Crippen molar-refractivity contribution >= 4 is 5.91 Å². The lowest BCUT2D eigenvalue weighted by Crippen LogP contribution is -2.41. The highest BCUT2D eigenvalue weighted by atomic mass is 16.5. The number of benzene rings is 1. The SMILES string of the molecule is O=C(Cn1nnnc1CN1CCOCC1)N1CCC(Cc2ccccc2)CC1. The van der Waals surface area contributed by atoms with Crippen LogP contribution in [0.25, 0.3) is 0 Å². The van der Waals surface area contributed by atoms with Gasteiger partial charge < -0.3 is 9.64 Å². The zero-order valence-electron chi connectivity index (χ0n) is 16.2. The lowest BCUT2D eigenvalue weighted by Gasteiger charge is -2.32. The van der Waals surface area contributed by atoms with Crippen molar-refractivity contribution in [1.29, 1.82) is 0 Å². The van der Waals surface area contributed by atoms with E-state index in [-0.39, 0.29) is 12.5 Å². The molecule has 0 radical (unpaired) electrons. The predicted octanol–water partition coefficient (Wildman–Crippen LogP) is 0.987. The van der Waals surface area contributed by atoms with Crippen molar-refractivity contribution in [3.8, 4) is 0 Å². The summed E-state index contributed by atoms with van der Waals surface area (Å²) >= 11 is 0. The summed E-state index contributed by atoms with van der Waals surface area (Å²) in [5.41, 5.74) is 1.38. The lowest BCUT2D eigenvalue weighted by molar-refractivity contribution is -0.133. The first-order valence-electron chi connectivity index (χ1n) is 10.1. The number of amides is 1. The fraction of sp³-hybridized carbons (Fsp3) is 0.600. The summed E-state index contributed by atoms with van der Waals surface area (Å²) in [6, 6.07) is 10.6. The summed E-state index contributed by atoms with van der Waals surface area (Å²) in [5.74, 6) is 1.50. The Hall–Kier alpha value is -2.32. The van der Waals surface area contributed by atoms with Crippen LogP contribution in [0.2, 0.25) is 0 Å². The van der Waals surface area contributed by atoms with Gasteiger partial charge in [-0.25, -0.2) is 4.68 Å². The number of rotatable bonds is 6. The van der Waals surface area contributed by atoms with Crippen molar-refractivity contribution in [2.45, 2.75) is 32.4 Å². The minimum absolute atomic E-state index is 0.105. The van der Waals surface area contributed by atoms with Crippen molar-refractivity contribution < 1.29 is 9.53 Å². The molecule has 2 aliphatic heterocycles. The summed E-state index contributed by atoms with van der Waals surface area (Å²) < 4.78 is 7.02. The van der Waals surface area contributed by atoms with Crippen LogP contribution in [0, 0.1) is 5.92 Å². The normalized spacial score (nSPS) is 19.1. The Morgan fingerprint density at radius 1 is 1.07 bits per heavy atom. The van der Waals surface area contributed by atoms with Gasteiger partial charge in [0.2, 0.25) is 5.91 Å². The molecule has 0 aliphatic carbocycles. The van der Waals surface area contributed by atoms with Crippen LogP contribution >= 0.6 is 0 Å². The number of carbonyl (C=O) groups is 1. The zero-order chi connectivity index (χ0) is 19.2. The van der Waals surface area contributed by atoms with E-state index in [0.717, 1.165) is 64.5 Å². The zero-order valence-corrected chi connectivity index (χ0v) is 16.2. The van der Waals surface area contributed by atoms with Gasteiger partial charge in [0, 0.05) is 26.2 Å². The highest BCUT2D eigenvalue weighted by molar-refractivity contribution is 5.76. The lowest BCUT2D eigenvalue weighted by atomic mass is 9.90. The van der Waals surface area contributed by atoms with Gasteiger partial charge in [-0.3, -0.25) is 9.69 Å². The summed E-state index contributed by atoms with van der Waals surface area (Å²) in [5, 5.41) is 11.9. The Kier molecular flexibility index (Phi) is 6.28. The second kappa shape index (κ2) is 9.25. The van der Waals surface area contributed by atoms with Crippen molar-refractivity contribution in [2.24, 2.45) is 5.92 Å². The van der Waals surface area contributed by atoms with Crippen LogP contribution in [0.4, 0.5) is 0 Å². The van der Waals surface area contributed by atoms with E-state index in [4.69, 9.17) is 4.74 Å². The molecule has 3 heterocycles. The smallest absolute Gasteiger partial charge is 0.244 e. The van der Waals surface area contributed by atoms with Gasteiger partial charge in [-0.05, 0) is 41.2 Å². The largest absolute Gasteiger partial charge is 0.379 e. The molecule has 2 fully saturated rings. The second-order valence-electron chi connectivity index (χ2n) is 7.66. The minimum Gasteiger partial charge on any atom is -0.379 e. The van der Waals surface area contributed by atoms with Crippen LogP contribution in [0.15, 0.2) is 30.3 Å². The monoisotopic (exact) mass is 384 g/mol. The molecular formula is C20H28N6O2. The summed E-state index contributed by atoms with van der Waals surface area (Å²) in [7, 11) is 0. The molecule has 0 N–H and O–H groups in total. The predicted molar refractivity (Wildman–Crippen MR) is 103 cm³/mol. The van der Waals surface area contributed by atoms with Gasteiger partial charge in [0.25, 0.3) is 0 Å². The van der Waals surface area contributed by atoms with Gasteiger partial charge in [-0.2, -0.15) is 0 Å². The third-order valence-electron chi connectivity index (χ3n) is 5.69. The van der Waals surface area contributed by atoms with Gasteiger partial charge in [-0.15, -0.1) is 5.10 Å². The fourth-order valence-corrected chi connectivity index (χ4v) is 3.98. The molecule has 0 spiro atoms. The molecule has 2 aromatic rings. The van der Waals surface area contributed by atoms with Crippen molar-refractivity contribution in [3.05, 3.63) is 41.7 Å². The Labute approximate surface area is 165 Å². The Bertz CT molecular complexity index is 751. The van der Waals surface area contributed by atoms with E-state index >= 15 is 0 Å². The number of carbonyl (C=O) groups excluding carboxylic acids is 1. The topological polar surface area (TPSA) is 76.4 Å². The molecule has 0 bridgehead atoms. The van der Waals surface area contributed by atoms with E-state index in [9.17, 15) is 4.79 Å². The van der Waals surface area contributed by atoms with Crippen LogP contribution in [0.3, 0.4) is 0 Å². The number of ether oxygens (including phenoxy) is 1. The number of likely N-dealkylation sites (tertiary alicyclic amines) is 1. The number of aromatic nitrogens is 4. The van der Waals surface area contributed by atoms with Crippen LogP contribution in [0.1, 0.15) is 24.2 Å². The van der Waals surface area contributed by atoms with Gasteiger partial charge >= 0.3 is 0 Å². The first-order valence-corrected chi connectivity index (χ1v) is 10.1. The van der Waals surface area contributed by atoms with E-state index in [1.165, 1.54) is 5.56 Å². The maximum atomic E-state index is 12.8. The number of hydrogen-bond acceptors (Lipinski definition) is 6. The Balaban J connectivity index is 1.26. The van der Waals surface area contributed by atoms with Crippen LogP contribution in [0.5, 0.6) is 0 Å². The van der Waals surface area contributed by atoms with Crippen LogP contribution < -0.4 is 0 Å². The van der Waals surface area contributed by atoms with E-state index in [0.29, 0.717) is 12.5 Å². The molecule has 0 saturated carbocycles. The van der Waals surface area contributed by atoms with E-state index < -0.39 is 0 Å². The maximum Gasteiger partial charge on any atom is 0.244 e. The highest BCUT2D eigenvalue weighted by Crippen LogP contribution is 2.22. The molecule has 4 rings (SSSR count). The van der Waals surface area contributed by atoms with Gasteiger partial charge in [0.1, 0.15) is 6.54 Å². The van der Waals surface area contributed by atoms with Gasteiger partial charge in [0.15, 0.2) is 5.82 Å². The van der Waals surface area contributed by atoms with E-state index in [1.54, 1.807) is 4.68 Å². The van der Waals surface area contributed by atoms with Crippen molar-refractivity contribution in [2.75, 3.05) is 39.4 Å². The highest BCUT2D eigenvalue weighted by Gasteiger charge is 2.24. The standard InChI is InChI=1S/C20H28N6O2/c27-20(16-26-19(21-22-23-26)15-24-10-12-28-13-11-24)25-8-6-18(7-9-25)14-17-4-2-1-3-5-17/h1-5,18H,6-16H2. The number of morpholine rings is 1. The first kappa shape index (κ1) is 19.0. The minimum atomic E-state index is 0.105. The number of hydrogen-bond donors (Lipinski definition) is 0. The third-order valence-corrected chi connectivity index (χ3v) is 5.69. The van der Waals surface area contributed by atoms with Crippen LogP contribution in [-0.4, -0.2) is 75.3 Å². The number of tetrazole rings is 1. The maximum absolute atomic E-state index is 12.8. The van der Waals surface area contributed by atoms with E-state index in [2.05, 4.69) is 50.8 Å². The average Bonchev–Trinajstić information content (AvgIpc) is 3.16. The molecule has 8 heteroatoms. The summed E-state index contributed by atoms with van der Waals surface area (Å²) in [6.45, 7) is 5.72. The molecule has 8 nitrogen and oxygen atoms in total. The molecule has 0 unspecified atom stereocenters. The quantitative estimate of drug-likeness (QED) is 0.739. The Morgan fingerprint density at radius 2 is 1.82 bits per heavy atom. The van der Waals surface area contributed by atoms with Crippen molar-refractivity contribution in [3.63, 3.8) is 0 Å². The van der Waals surface area contributed by atoms with Gasteiger partial charge in [-0.1, -0.05) is 30.3 Å². The molecule has 1 aromatic heterocycles. The van der Waals surface area contributed by atoms with Gasteiger partial charge in [0.05, 0.1) is 19.8 Å². The molecule has 2 aliphatic rings. The summed E-state index contributed by atoms with van der Waals surface area (Å²) in [6.07, 6.45) is 3.20. The molecular weight excluding hydrogens is 356 g/mol.